The Hall–Kier alpha value is -1.99. The minimum absolute atomic E-state index is 0.139. The van der Waals surface area contributed by atoms with Crippen molar-refractivity contribution >= 4 is 11.8 Å². The number of hydrogen-bond acceptors (Lipinski definition) is 3. The van der Waals surface area contributed by atoms with Crippen molar-refractivity contribution in [2.45, 2.75) is 18.7 Å². The van der Waals surface area contributed by atoms with Crippen molar-refractivity contribution in [3.63, 3.8) is 0 Å². The number of ether oxygens (including phenoxy) is 1. The van der Waals surface area contributed by atoms with E-state index in [0.717, 1.165) is 10.6 Å². The van der Waals surface area contributed by atoms with Crippen molar-refractivity contribution in [3.8, 4) is 17.6 Å². The molecule has 0 bridgehead atoms. The molecule has 0 N–H and O–H groups in total. The Morgan fingerprint density at radius 1 is 1.20 bits per heavy atom. The summed E-state index contributed by atoms with van der Waals surface area (Å²) >= 11 is 1.56. The minimum atomic E-state index is -0.398. The van der Waals surface area contributed by atoms with E-state index in [1.165, 1.54) is 0 Å². The van der Waals surface area contributed by atoms with Crippen LogP contribution in [0.25, 0.3) is 0 Å². The lowest BCUT2D eigenvalue weighted by Gasteiger charge is -2.11. The third-order valence-electron chi connectivity index (χ3n) is 2.78. The van der Waals surface area contributed by atoms with E-state index in [4.69, 9.17) is 4.74 Å². The third-order valence-corrected chi connectivity index (χ3v) is 3.72. The zero-order valence-electron chi connectivity index (χ0n) is 11.3. The van der Waals surface area contributed by atoms with Crippen LogP contribution in [0, 0.1) is 24.1 Å². The molecule has 20 heavy (non-hydrogen) atoms. The van der Waals surface area contributed by atoms with Gasteiger partial charge in [-0.05, 0) is 36.4 Å². The molecule has 0 fully saturated rings. The van der Waals surface area contributed by atoms with Crippen molar-refractivity contribution in [2.24, 2.45) is 0 Å². The van der Waals surface area contributed by atoms with E-state index >= 15 is 0 Å². The van der Waals surface area contributed by atoms with E-state index in [9.17, 15) is 9.65 Å². The summed E-state index contributed by atoms with van der Waals surface area (Å²) in [7, 11) is 0. The molecule has 0 radical (unpaired) electrons. The molecule has 0 atom stereocenters. The number of hydrogen-bond donors (Lipinski definition) is 0. The van der Waals surface area contributed by atoms with Crippen LogP contribution < -0.4 is 4.74 Å². The molecule has 0 aliphatic carbocycles. The highest BCUT2D eigenvalue weighted by Crippen LogP contribution is 2.33. The predicted octanol–water partition coefficient (Wildman–Crippen LogP) is 4.91. The lowest BCUT2D eigenvalue weighted by molar-refractivity contribution is 0.438. The molecule has 0 saturated carbocycles. The van der Waals surface area contributed by atoms with Crippen molar-refractivity contribution < 1.29 is 9.13 Å². The number of halogens is 1. The zero-order chi connectivity index (χ0) is 14.5. The molecule has 0 saturated heterocycles. The van der Waals surface area contributed by atoms with Crippen molar-refractivity contribution in [2.75, 3.05) is 5.75 Å². The highest BCUT2D eigenvalue weighted by atomic mass is 32.2. The fraction of sp³-hybridized carbons (Fsp3) is 0.188. The smallest absolute Gasteiger partial charge is 0.168 e. The summed E-state index contributed by atoms with van der Waals surface area (Å²) in [4.78, 5) is 0.848. The molecule has 0 unspecified atom stereocenters. The largest absolute Gasteiger partial charge is 0.453 e. The van der Waals surface area contributed by atoms with Gasteiger partial charge in [-0.3, -0.25) is 0 Å². The SMILES string of the molecule is CCSc1cccc(Oc2cccc(C)c2F)c1C#N. The molecule has 2 aromatic carbocycles. The average molecular weight is 287 g/mol. The second kappa shape index (κ2) is 6.44. The first-order valence-electron chi connectivity index (χ1n) is 6.26. The Morgan fingerprint density at radius 3 is 2.60 bits per heavy atom. The Morgan fingerprint density at radius 2 is 1.90 bits per heavy atom. The fourth-order valence-corrected chi connectivity index (χ4v) is 2.58. The van der Waals surface area contributed by atoms with Crippen LogP contribution in [0.3, 0.4) is 0 Å². The molecule has 0 heterocycles. The van der Waals surface area contributed by atoms with Crippen LogP contribution in [-0.4, -0.2) is 5.75 Å². The molecule has 0 aliphatic heterocycles. The van der Waals surface area contributed by atoms with Gasteiger partial charge in [0.2, 0.25) is 0 Å². The molecule has 102 valence electrons. The lowest BCUT2D eigenvalue weighted by atomic mass is 10.2. The van der Waals surface area contributed by atoms with Crippen molar-refractivity contribution in [1.82, 2.24) is 0 Å². The van der Waals surface area contributed by atoms with Crippen LogP contribution in [-0.2, 0) is 0 Å². The predicted molar refractivity (Wildman–Crippen MR) is 78.8 cm³/mol. The van der Waals surface area contributed by atoms with E-state index in [0.29, 0.717) is 16.9 Å². The van der Waals surface area contributed by atoms with Gasteiger partial charge in [0.1, 0.15) is 17.4 Å². The highest BCUT2D eigenvalue weighted by Gasteiger charge is 2.13. The van der Waals surface area contributed by atoms with Crippen LogP contribution >= 0.6 is 11.8 Å². The molecule has 0 aliphatic rings. The summed E-state index contributed by atoms with van der Waals surface area (Å²) < 4.78 is 19.5. The van der Waals surface area contributed by atoms with Crippen LogP contribution in [0.5, 0.6) is 11.5 Å². The van der Waals surface area contributed by atoms with E-state index < -0.39 is 5.82 Å². The topological polar surface area (TPSA) is 33.0 Å². The fourth-order valence-electron chi connectivity index (χ4n) is 1.80. The van der Waals surface area contributed by atoms with Crippen molar-refractivity contribution in [1.29, 1.82) is 5.26 Å². The van der Waals surface area contributed by atoms with E-state index in [1.807, 2.05) is 19.1 Å². The Bertz CT molecular complexity index is 664. The van der Waals surface area contributed by atoms with Gasteiger partial charge in [0, 0.05) is 4.90 Å². The Kier molecular flexibility index (Phi) is 4.65. The maximum Gasteiger partial charge on any atom is 0.168 e. The van der Waals surface area contributed by atoms with Crippen LogP contribution in [0.1, 0.15) is 18.1 Å². The molecule has 2 nitrogen and oxygen atoms in total. The van der Waals surface area contributed by atoms with Gasteiger partial charge in [-0.1, -0.05) is 25.1 Å². The summed E-state index contributed by atoms with van der Waals surface area (Å²) in [6.07, 6.45) is 0. The lowest BCUT2D eigenvalue weighted by Crippen LogP contribution is -1.94. The van der Waals surface area contributed by atoms with E-state index in [2.05, 4.69) is 6.07 Å². The van der Waals surface area contributed by atoms with Gasteiger partial charge in [0.15, 0.2) is 11.6 Å². The normalized spacial score (nSPS) is 10.1. The van der Waals surface area contributed by atoms with Gasteiger partial charge in [0.05, 0.1) is 0 Å². The van der Waals surface area contributed by atoms with Crippen LogP contribution in [0.2, 0.25) is 0 Å². The second-order valence-corrected chi connectivity index (χ2v) is 5.47. The minimum Gasteiger partial charge on any atom is -0.453 e. The Balaban J connectivity index is 2.41. The van der Waals surface area contributed by atoms with Gasteiger partial charge in [-0.15, -0.1) is 11.8 Å². The first-order valence-corrected chi connectivity index (χ1v) is 7.24. The zero-order valence-corrected chi connectivity index (χ0v) is 12.1. The van der Waals surface area contributed by atoms with Crippen LogP contribution in [0.4, 0.5) is 4.39 Å². The van der Waals surface area contributed by atoms with Gasteiger partial charge in [0.25, 0.3) is 0 Å². The number of nitriles is 1. The molecular formula is C16H14FNOS. The van der Waals surface area contributed by atoms with Gasteiger partial charge in [-0.25, -0.2) is 4.39 Å². The summed E-state index contributed by atoms with van der Waals surface area (Å²) in [5, 5.41) is 9.29. The molecule has 0 amide bonds. The first-order chi connectivity index (χ1) is 9.67. The summed E-state index contributed by atoms with van der Waals surface area (Å²) in [5.74, 6) is 0.984. The molecule has 0 spiro atoms. The summed E-state index contributed by atoms with van der Waals surface area (Å²) in [6.45, 7) is 3.69. The highest BCUT2D eigenvalue weighted by molar-refractivity contribution is 7.99. The molecule has 2 rings (SSSR count). The number of nitrogens with zero attached hydrogens (tertiary/aromatic N) is 1. The first kappa shape index (κ1) is 14.4. The summed E-state index contributed by atoms with van der Waals surface area (Å²) in [5.41, 5.74) is 0.959. The van der Waals surface area contributed by atoms with Gasteiger partial charge >= 0.3 is 0 Å². The number of benzene rings is 2. The van der Waals surface area contributed by atoms with Gasteiger partial charge in [-0.2, -0.15) is 5.26 Å². The van der Waals surface area contributed by atoms with Crippen molar-refractivity contribution in [3.05, 3.63) is 53.3 Å². The second-order valence-electron chi connectivity index (χ2n) is 4.16. The maximum atomic E-state index is 14.0. The number of thioether (sulfide) groups is 1. The monoisotopic (exact) mass is 287 g/mol. The molecule has 4 heteroatoms. The quantitative estimate of drug-likeness (QED) is 0.749. The van der Waals surface area contributed by atoms with Crippen LogP contribution in [0.15, 0.2) is 41.3 Å². The van der Waals surface area contributed by atoms with Gasteiger partial charge < -0.3 is 4.74 Å². The van der Waals surface area contributed by atoms with E-state index in [-0.39, 0.29) is 5.75 Å². The standard InChI is InChI=1S/C16H14FNOS/c1-3-20-15-9-5-7-13(12(15)10-18)19-14-8-4-6-11(2)16(14)17/h4-9H,3H2,1-2H3. The number of rotatable bonds is 4. The average Bonchev–Trinajstić information content (AvgIpc) is 2.44. The molecule has 2 aromatic rings. The molecular weight excluding hydrogens is 273 g/mol. The summed E-state index contributed by atoms with van der Waals surface area (Å²) in [6, 6.07) is 12.5. The maximum absolute atomic E-state index is 14.0. The molecule has 0 aromatic heterocycles. The third kappa shape index (κ3) is 2.94. The van der Waals surface area contributed by atoms with E-state index in [1.54, 1.807) is 43.0 Å². The Labute approximate surface area is 122 Å². The number of aryl methyl sites for hydroxylation is 1.